The molecular weight excluding hydrogens is 258 g/mol. The monoisotopic (exact) mass is 279 g/mol. The molecule has 1 aromatic heterocycles. The highest BCUT2D eigenvalue weighted by atomic mass is 14.9. The maximum atomic E-state index is 9.40. The van der Waals surface area contributed by atoms with Crippen LogP contribution in [0.4, 0.5) is 5.69 Å². The third-order valence-electron chi connectivity index (χ3n) is 4.59. The lowest BCUT2D eigenvalue weighted by molar-refractivity contribution is 0.457. The molecule has 2 atom stereocenters. The van der Waals surface area contributed by atoms with Gasteiger partial charge in [0.15, 0.2) is 0 Å². The molecule has 1 N–H and O–H groups in total. The Morgan fingerprint density at radius 3 is 2.86 bits per heavy atom. The second-order valence-corrected chi connectivity index (χ2v) is 6.04. The molecule has 108 valence electrons. The van der Waals surface area contributed by atoms with Crippen LogP contribution in [0.15, 0.2) is 30.5 Å². The Balaban J connectivity index is 2.00. The molecule has 1 aliphatic carbocycles. The van der Waals surface area contributed by atoms with E-state index >= 15 is 0 Å². The van der Waals surface area contributed by atoms with Gasteiger partial charge < -0.3 is 5.32 Å². The smallest absolute Gasteiger partial charge is 0.103 e. The molecule has 2 aromatic rings. The zero-order valence-electron chi connectivity index (χ0n) is 12.5. The van der Waals surface area contributed by atoms with Gasteiger partial charge in [-0.25, -0.2) is 0 Å². The normalized spacial score (nSPS) is 22.5. The van der Waals surface area contributed by atoms with Crippen molar-refractivity contribution in [1.82, 2.24) is 4.98 Å². The molecule has 2 unspecified atom stereocenters. The van der Waals surface area contributed by atoms with Crippen LogP contribution in [0.1, 0.15) is 44.6 Å². The molecule has 21 heavy (non-hydrogen) atoms. The number of aromatic nitrogens is 1. The second-order valence-electron chi connectivity index (χ2n) is 6.04. The number of hydrogen-bond donors (Lipinski definition) is 1. The highest BCUT2D eigenvalue weighted by molar-refractivity contribution is 5.93. The summed E-state index contributed by atoms with van der Waals surface area (Å²) in [4.78, 5) is 4.38. The number of fused-ring (bicyclic) bond motifs is 1. The summed E-state index contributed by atoms with van der Waals surface area (Å²) in [7, 11) is 0. The first-order chi connectivity index (χ1) is 10.3. The topological polar surface area (TPSA) is 48.7 Å². The highest BCUT2D eigenvalue weighted by Gasteiger charge is 2.21. The number of nitriles is 1. The molecule has 3 heteroatoms. The van der Waals surface area contributed by atoms with E-state index < -0.39 is 0 Å². The van der Waals surface area contributed by atoms with Gasteiger partial charge in [0, 0.05) is 17.6 Å². The van der Waals surface area contributed by atoms with Gasteiger partial charge in [-0.05, 0) is 24.8 Å². The average Bonchev–Trinajstić information content (AvgIpc) is 2.72. The van der Waals surface area contributed by atoms with Crippen LogP contribution in [0.5, 0.6) is 0 Å². The molecule has 3 rings (SSSR count). The molecule has 3 nitrogen and oxygen atoms in total. The first-order valence-electron chi connectivity index (χ1n) is 7.84. The lowest BCUT2D eigenvalue weighted by atomic mass is 9.96. The number of benzene rings is 1. The van der Waals surface area contributed by atoms with Gasteiger partial charge in [-0.3, -0.25) is 4.98 Å². The number of anilines is 1. The molecule has 1 saturated carbocycles. The van der Waals surface area contributed by atoms with Gasteiger partial charge in [0.05, 0.1) is 16.8 Å². The zero-order valence-corrected chi connectivity index (χ0v) is 12.5. The van der Waals surface area contributed by atoms with E-state index in [0.717, 1.165) is 16.6 Å². The lowest BCUT2D eigenvalue weighted by Gasteiger charge is -2.25. The predicted molar refractivity (Wildman–Crippen MR) is 86.1 cm³/mol. The minimum Gasteiger partial charge on any atom is -0.380 e. The summed E-state index contributed by atoms with van der Waals surface area (Å²) in [5.74, 6) is 0.644. The molecule has 1 aliphatic rings. The van der Waals surface area contributed by atoms with Gasteiger partial charge in [-0.15, -0.1) is 0 Å². The number of pyridine rings is 1. The van der Waals surface area contributed by atoms with Crippen LogP contribution in [-0.4, -0.2) is 11.0 Å². The van der Waals surface area contributed by atoms with Crippen molar-refractivity contribution in [2.45, 2.75) is 45.1 Å². The van der Waals surface area contributed by atoms with E-state index in [9.17, 15) is 5.26 Å². The highest BCUT2D eigenvalue weighted by Crippen LogP contribution is 2.31. The van der Waals surface area contributed by atoms with E-state index in [1.165, 1.54) is 32.1 Å². The third kappa shape index (κ3) is 2.85. The van der Waals surface area contributed by atoms with Crippen LogP contribution in [0.25, 0.3) is 10.9 Å². The molecular formula is C18H21N3. The van der Waals surface area contributed by atoms with Crippen molar-refractivity contribution in [1.29, 1.82) is 5.26 Å². The Morgan fingerprint density at radius 2 is 2.00 bits per heavy atom. The van der Waals surface area contributed by atoms with Crippen LogP contribution in [0, 0.1) is 17.2 Å². The zero-order chi connectivity index (χ0) is 14.7. The number of nitrogens with one attached hydrogen (secondary N) is 1. The molecule has 1 heterocycles. The Morgan fingerprint density at radius 1 is 1.19 bits per heavy atom. The van der Waals surface area contributed by atoms with Crippen molar-refractivity contribution in [3.05, 3.63) is 36.0 Å². The number of rotatable bonds is 2. The predicted octanol–water partition coefficient (Wildman–Crippen LogP) is 4.49. The van der Waals surface area contributed by atoms with Crippen molar-refractivity contribution in [2.75, 3.05) is 5.32 Å². The number of hydrogen-bond acceptors (Lipinski definition) is 3. The second kappa shape index (κ2) is 6.13. The molecule has 0 spiro atoms. The molecule has 1 fully saturated rings. The van der Waals surface area contributed by atoms with Crippen LogP contribution >= 0.6 is 0 Å². The van der Waals surface area contributed by atoms with Crippen LogP contribution in [-0.2, 0) is 0 Å². The van der Waals surface area contributed by atoms with Crippen LogP contribution < -0.4 is 5.32 Å². The van der Waals surface area contributed by atoms with Crippen LogP contribution in [0.2, 0.25) is 0 Å². The summed E-state index contributed by atoms with van der Waals surface area (Å²) in [6.45, 7) is 2.32. The average molecular weight is 279 g/mol. The number of nitrogens with zero attached hydrogens (tertiary/aromatic N) is 2. The molecule has 0 radical (unpaired) electrons. The van der Waals surface area contributed by atoms with Gasteiger partial charge in [0.2, 0.25) is 0 Å². The molecule has 1 aromatic carbocycles. The van der Waals surface area contributed by atoms with Crippen molar-refractivity contribution in [3.8, 4) is 6.07 Å². The first-order valence-corrected chi connectivity index (χ1v) is 7.84. The fourth-order valence-electron chi connectivity index (χ4n) is 3.27. The molecule has 0 bridgehead atoms. The fraction of sp³-hybridized carbons (Fsp3) is 0.444. The van der Waals surface area contributed by atoms with Crippen molar-refractivity contribution in [2.24, 2.45) is 5.92 Å². The minimum absolute atomic E-state index is 0.449. The Labute approximate surface area is 126 Å². The van der Waals surface area contributed by atoms with Gasteiger partial charge in [-0.1, -0.05) is 44.4 Å². The maximum absolute atomic E-state index is 9.40. The Bertz CT molecular complexity index is 672. The Kier molecular flexibility index (Phi) is 4.06. The largest absolute Gasteiger partial charge is 0.380 e. The molecule has 0 amide bonds. The lowest BCUT2D eigenvalue weighted by Crippen LogP contribution is -2.26. The van der Waals surface area contributed by atoms with Gasteiger partial charge >= 0.3 is 0 Å². The van der Waals surface area contributed by atoms with E-state index in [1.807, 2.05) is 24.3 Å². The number of para-hydroxylation sites is 1. The van der Waals surface area contributed by atoms with E-state index in [-0.39, 0.29) is 0 Å². The standard InChI is InChI=1S/C18H21N3/c1-13-7-3-2-4-9-16(13)21-18-14(11-19)12-20-17-10-6-5-8-15(17)18/h5-6,8,10,12-13,16H,2-4,7,9H2,1H3,(H,20,21). The maximum Gasteiger partial charge on any atom is 0.103 e. The first kappa shape index (κ1) is 13.9. The van der Waals surface area contributed by atoms with Crippen molar-refractivity contribution < 1.29 is 0 Å². The van der Waals surface area contributed by atoms with E-state index in [2.05, 4.69) is 23.3 Å². The van der Waals surface area contributed by atoms with Gasteiger partial charge in [0.1, 0.15) is 6.07 Å². The minimum atomic E-state index is 0.449. The fourth-order valence-corrected chi connectivity index (χ4v) is 3.27. The molecule has 0 saturated heterocycles. The SMILES string of the molecule is CC1CCCCCC1Nc1c(C#N)cnc2ccccc12. The van der Waals surface area contributed by atoms with Crippen molar-refractivity contribution >= 4 is 16.6 Å². The summed E-state index contributed by atoms with van der Waals surface area (Å²) in [5.41, 5.74) is 2.55. The van der Waals surface area contributed by atoms with Crippen molar-refractivity contribution in [3.63, 3.8) is 0 Å². The van der Waals surface area contributed by atoms with Crippen LogP contribution in [0.3, 0.4) is 0 Å². The summed E-state index contributed by atoms with van der Waals surface area (Å²) < 4.78 is 0. The third-order valence-corrected chi connectivity index (χ3v) is 4.59. The molecule has 0 aliphatic heterocycles. The van der Waals surface area contributed by atoms with Gasteiger partial charge in [-0.2, -0.15) is 5.26 Å². The van der Waals surface area contributed by atoms with E-state index in [1.54, 1.807) is 6.20 Å². The summed E-state index contributed by atoms with van der Waals surface area (Å²) in [6.07, 6.45) is 8.05. The summed E-state index contributed by atoms with van der Waals surface area (Å²) in [5, 5.41) is 14.1. The van der Waals surface area contributed by atoms with E-state index in [4.69, 9.17) is 0 Å². The van der Waals surface area contributed by atoms with Gasteiger partial charge in [0.25, 0.3) is 0 Å². The Hall–Kier alpha value is -2.08. The quantitative estimate of drug-likeness (QED) is 0.824. The summed E-state index contributed by atoms with van der Waals surface area (Å²) >= 11 is 0. The summed E-state index contributed by atoms with van der Waals surface area (Å²) in [6, 6.07) is 10.8. The van der Waals surface area contributed by atoms with E-state index in [0.29, 0.717) is 17.5 Å².